The molecular weight excluding hydrogens is 280 g/mol. The topological polar surface area (TPSA) is 56.3 Å². The van der Waals surface area contributed by atoms with Crippen LogP contribution >= 0.6 is 0 Å². The van der Waals surface area contributed by atoms with E-state index in [1.165, 1.54) is 18.5 Å². The summed E-state index contributed by atoms with van der Waals surface area (Å²) < 4.78 is 13.0. The van der Waals surface area contributed by atoms with E-state index in [0.717, 1.165) is 43.6 Å². The lowest BCUT2D eigenvalue weighted by Gasteiger charge is -2.31. The molecule has 0 radical (unpaired) electrons. The van der Waals surface area contributed by atoms with Gasteiger partial charge in [-0.1, -0.05) is 5.21 Å². The van der Waals surface area contributed by atoms with Crippen LogP contribution in [0.5, 0.6) is 0 Å². The average Bonchev–Trinajstić information content (AvgIpc) is 3.00. The summed E-state index contributed by atoms with van der Waals surface area (Å²) in [5, 5.41) is 8.84. The van der Waals surface area contributed by atoms with Crippen molar-refractivity contribution in [3.05, 3.63) is 35.5 Å². The van der Waals surface area contributed by atoms with E-state index in [4.69, 9.17) is 9.15 Å². The zero-order chi connectivity index (χ0) is 14.9. The SMILES string of the molecule is COCC1CN(Cc2ccco2)Cc2nnn(CC3CC3)c21. The van der Waals surface area contributed by atoms with Gasteiger partial charge in [0.1, 0.15) is 11.5 Å². The second kappa shape index (κ2) is 5.85. The fraction of sp³-hybridized carbons (Fsp3) is 0.625. The van der Waals surface area contributed by atoms with E-state index in [1.807, 2.05) is 12.1 Å². The number of methoxy groups -OCH3 is 1. The maximum atomic E-state index is 5.47. The van der Waals surface area contributed by atoms with Gasteiger partial charge in [-0.25, -0.2) is 4.68 Å². The third-order valence-electron chi connectivity index (χ3n) is 4.54. The van der Waals surface area contributed by atoms with Gasteiger partial charge in [-0.15, -0.1) is 5.10 Å². The second-order valence-corrected chi connectivity index (χ2v) is 6.45. The van der Waals surface area contributed by atoms with Gasteiger partial charge in [0.05, 0.1) is 25.1 Å². The van der Waals surface area contributed by atoms with Gasteiger partial charge in [0, 0.05) is 32.7 Å². The Hall–Kier alpha value is -1.66. The van der Waals surface area contributed by atoms with Crippen LogP contribution in [-0.4, -0.2) is 40.2 Å². The van der Waals surface area contributed by atoms with Gasteiger partial charge in [0.15, 0.2) is 0 Å². The normalized spacial score (nSPS) is 22.0. The fourth-order valence-corrected chi connectivity index (χ4v) is 3.35. The maximum Gasteiger partial charge on any atom is 0.117 e. The van der Waals surface area contributed by atoms with E-state index in [9.17, 15) is 0 Å². The van der Waals surface area contributed by atoms with Crippen LogP contribution in [0.3, 0.4) is 0 Å². The summed E-state index contributed by atoms with van der Waals surface area (Å²) >= 11 is 0. The van der Waals surface area contributed by atoms with Gasteiger partial charge in [-0.2, -0.15) is 0 Å². The predicted octanol–water partition coefficient (Wildman–Crippen LogP) is 2.03. The summed E-state index contributed by atoms with van der Waals surface area (Å²) in [6.45, 7) is 4.32. The van der Waals surface area contributed by atoms with Gasteiger partial charge in [0.2, 0.25) is 0 Å². The summed E-state index contributed by atoms with van der Waals surface area (Å²) in [7, 11) is 1.76. The van der Waals surface area contributed by atoms with Crippen molar-refractivity contribution in [2.75, 3.05) is 20.3 Å². The smallest absolute Gasteiger partial charge is 0.117 e. The van der Waals surface area contributed by atoms with Gasteiger partial charge < -0.3 is 9.15 Å². The highest BCUT2D eigenvalue weighted by Crippen LogP contribution is 2.34. The number of furan rings is 1. The van der Waals surface area contributed by atoms with E-state index >= 15 is 0 Å². The highest BCUT2D eigenvalue weighted by Gasteiger charge is 2.33. The third-order valence-corrected chi connectivity index (χ3v) is 4.54. The molecule has 0 N–H and O–H groups in total. The van der Waals surface area contributed by atoms with Crippen molar-refractivity contribution in [3.63, 3.8) is 0 Å². The Morgan fingerprint density at radius 1 is 1.41 bits per heavy atom. The van der Waals surface area contributed by atoms with E-state index in [0.29, 0.717) is 12.5 Å². The van der Waals surface area contributed by atoms with Crippen LogP contribution < -0.4 is 0 Å². The minimum absolute atomic E-state index is 0.331. The van der Waals surface area contributed by atoms with Crippen LogP contribution in [0, 0.1) is 5.92 Å². The molecule has 6 nitrogen and oxygen atoms in total. The van der Waals surface area contributed by atoms with Crippen molar-refractivity contribution in [3.8, 4) is 0 Å². The summed E-state index contributed by atoms with van der Waals surface area (Å²) in [6, 6.07) is 3.95. The largest absolute Gasteiger partial charge is 0.468 e. The number of aromatic nitrogens is 3. The Bertz CT molecular complexity index is 618. The fourth-order valence-electron chi connectivity index (χ4n) is 3.35. The van der Waals surface area contributed by atoms with Crippen LogP contribution in [0.2, 0.25) is 0 Å². The molecule has 22 heavy (non-hydrogen) atoms. The first-order chi connectivity index (χ1) is 10.8. The molecule has 1 fully saturated rings. The van der Waals surface area contributed by atoms with Crippen molar-refractivity contribution >= 4 is 0 Å². The summed E-state index contributed by atoms with van der Waals surface area (Å²) in [4.78, 5) is 2.36. The molecule has 0 amide bonds. The highest BCUT2D eigenvalue weighted by atomic mass is 16.5. The minimum Gasteiger partial charge on any atom is -0.468 e. The lowest BCUT2D eigenvalue weighted by atomic mass is 9.98. The number of ether oxygens (including phenoxy) is 1. The van der Waals surface area contributed by atoms with Crippen molar-refractivity contribution in [1.82, 2.24) is 19.9 Å². The van der Waals surface area contributed by atoms with Gasteiger partial charge in [-0.05, 0) is 30.9 Å². The molecule has 0 spiro atoms. The number of hydrogen-bond acceptors (Lipinski definition) is 5. The predicted molar refractivity (Wildman–Crippen MR) is 80.2 cm³/mol. The average molecular weight is 302 g/mol. The lowest BCUT2D eigenvalue weighted by molar-refractivity contribution is 0.127. The molecule has 1 unspecified atom stereocenters. The number of fused-ring (bicyclic) bond motifs is 1. The molecule has 118 valence electrons. The van der Waals surface area contributed by atoms with E-state index in [1.54, 1.807) is 13.4 Å². The zero-order valence-electron chi connectivity index (χ0n) is 12.9. The molecule has 6 heteroatoms. The van der Waals surface area contributed by atoms with Crippen molar-refractivity contribution in [1.29, 1.82) is 0 Å². The highest BCUT2D eigenvalue weighted by molar-refractivity contribution is 5.20. The van der Waals surface area contributed by atoms with Crippen LogP contribution in [0.25, 0.3) is 0 Å². The van der Waals surface area contributed by atoms with Gasteiger partial charge in [-0.3, -0.25) is 4.90 Å². The summed E-state index contributed by atoms with van der Waals surface area (Å²) in [5.74, 6) is 2.12. The Morgan fingerprint density at radius 2 is 2.32 bits per heavy atom. The Labute approximate surface area is 130 Å². The molecule has 0 bridgehead atoms. The molecule has 1 aliphatic heterocycles. The summed E-state index contributed by atoms with van der Waals surface area (Å²) in [5.41, 5.74) is 2.38. The molecule has 1 atom stereocenters. The van der Waals surface area contributed by atoms with Crippen LogP contribution in [0.1, 0.15) is 35.9 Å². The third kappa shape index (κ3) is 2.80. The van der Waals surface area contributed by atoms with E-state index in [-0.39, 0.29) is 0 Å². The monoisotopic (exact) mass is 302 g/mol. The molecule has 0 saturated heterocycles. The molecule has 0 aromatic carbocycles. The van der Waals surface area contributed by atoms with Crippen LogP contribution in [0.15, 0.2) is 22.8 Å². The number of nitrogens with zero attached hydrogens (tertiary/aromatic N) is 4. The van der Waals surface area contributed by atoms with Crippen LogP contribution in [-0.2, 0) is 24.4 Å². The Balaban J connectivity index is 1.55. The molecule has 2 aromatic rings. The molecule has 4 rings (SSSR count). The first-order valence-electron chi connectivity index (χ1n) is 7.99. The second-order valence-electron chi connectivity index (χ2n) is 6.45. The molecule has 1 aliphatic carbocycles. The first-order valence-corrected chi connectivity index (χ1v) is 7.99. The lowest BCUT2D eigenvalue weighted by Crippen LogP contribution is -2.36. The molecule has 2 aliphatic rings. The molecular formula is C16H22N4O2. The van der Waals surface area contributed by atoms with Crippen LogP contribution in [0.4, 0.5) is 0 Å². The quantitative estimate of drug-likeness (QED) is 0.817. The number of rotatable bonds is 6. The van der Waals surface area contributed by atoms with Crippen molar-refractivity contribution in [2.24, 2.45) is 5.92 Å². The molecule has 3 heterocycles. The first kappa shape index (κ1) is 14.0. The Kier molecular flexibility index (Phi) is 3.72. The molecule has 1 saturated carbocycles. The minimum atomic E-state index is 0.331. The van der Waals surface area contributed by atoms with E-state index in [2.05, 4.69) is 19.9 Å². The Morgan fingerprint density at radius 3 is 3.05 bits per heavy atom. The summed E-state index contributed by atoms with van der Waals surface area (Å²) in [6.07, 6.45) is 4.38. The van der Waals surface area contributed by atoms with E-state index < -0.39 is 0 Å². The maximum absolute atomic E-state index is 5.47. The standard InChI is InChI=1S/C16H22N4O2/c1-21-11-13-8-19(9-14-3-2-6-22-14)10-15-16(13)20(18-17-15)7-12-4-5-12/h2-3,6,12-13H,4-5,7-11H2,1H3. The number of hydrogen-bond donors (Lipinski definition) is 0. The van der Waals surface area contributed by atoms with Crippen molar-refractivity contribution < 1.29 is 9.15 Å². The van der Waals surface area contributed by atoms with Crippen molar-refractivity contribution in [2.45, 2.75) is 38.4 Å². The van der Waals surface area contributed by atoms with Gasteiger partial charge >= 0.3 is 0 Å². The zero-order valence-corrected chi connectivity index (χ0v) is 12.9. The molecule has 2 aromatic heterocycles. The van der Waals surface area contributed by atoms with Gasteiger partial charge in [0.25, 0.3) is 0 Å².